The molecule has 0 aliphatic carbocycles. The normalized spacial score (nSPS) is 11.0. The van der Waals surface area contributed by atoms with Crippen molar-refractivity contribution in [2.24, 2.45) is 0 Å². The van der Waals surface area contributed by atoms with E-state index in [9.17, 15) is 9.59 Å². The van der Waals surface area contributed by atoms with Crippen LogP contribution in [-0.2, 0) is 0 Å². The fourth-order valence-electron chi connectivity index (χ4n) is 4.37. The highest BCUT2D eigenvalue weighted by atomic mass is 16.2. The second-order valence-corrected chi connectivity index (χ2v) is 9.37. The van der Waals surface area contributed by atoms with Gasteiger partial charge in [-0.2, -0.15) is 0 Å². The first-order valence-electron chi connectivity index (χ1n) is 13.7. The van der Waals surface area contributed by atoms with Crippen LogP contribution in [0, 0.1) is 0 Å². The zero-order chi connectivity index (χ0) is 24.3. The average Bonchev–Trinajstić information content (AvgIpc) is 3.40. The number of amides is 1. The van der Waals surface area contributed by atoms with Crippen LogP contribution in [0.15, 0.2) is 36.7 Å². The lowest BCUT2D eigenvalue weighted by Crippen LogP contribution is -2.26. The first-order valence-corrected chi connectivity index (χ1v) is 13.7. The van der Waals surface area contributed by atoms with Gasteiger partial charge in [-0.3, -0.25) is 9.59 Å². The quantitative estimate of drug-likeness (QED) is 0.155. The molecule has 5 nitrogen and oxygen atoms in total. The minimum Gasteiger partial charge on any atom is -0.352 e. The van der Waals surface area contributed by atoms with Crippen LogP contribution < -0.4 is 5.32 Å². The molecule has 188 valence electrons. The molecule has 0 radical (unpaired) electrons. The maximum absolute atomic E-state index is 12.6. The van der Waals surface area contributed by atoms with Gasteiger partial charge in [0.05, 0.1) is 5.56 Å². The van der Waals surface area contributed by atoms with E-state index in [-0.39, 0.29) is 17.5 Å². The molecule has 0 spiro atoms. The summed E-state index contributed by atoms with van der Waals surface area (Å²) in [5.74, 6) is -0.215. The highest BCUT2D eigenvalue weighted by Crippen LogP contribution is 2.15. The second kappa shape index (κ2) is 18.0. The number of hydrogen-bond donors (Lipinski definition) is 2. The molecular weight excluding hydrogens is 422 g/mol. The van der Waals surface area contributed by atoms with Gasteiger partial charge >= 0.3 is 0 Å². The number of nitrogens with one attached hydrogen (secondary N) is 2. The number of hydrogen-bond acceptors (Lipinski definition) is 3. The van der Waals surface area contributed by atoms with E-state index in [0.717, 1.165) is 12.8 Å². The number of benzene rings is 1. The van der Waals surface area contributed by atoms with Crippen molar-refractivity contribution in [1.29, 1.82) is 0 Å². The molecule has 0 saturated carbocycles. The third kappa shape index (κ3) is 11.1. The highest BCUT2D eigenvalue weighted by molar-refractivity contribution is 6.13. The van der Waals surface area contributed by atoms with Gasteiger partial charge in [-0.15, -0.1) is 0 Å². The summed E-state index contributed by atoms with van der Waals surface area (Å²) in [6.45, 7) is 2.91. The molecule has 2 aromatic rings. The van der Waals surface area contributed by atoms with Crippen LogP contribution >= 0.6 is 0 Å². The standard InChI is InChI=1S/C29H45N3O2/c1-2-3-4-5-6-7-8-9-10-11-12-13-14-15-16-19-22-32-29(34)26-21-18-17-20-25(26)27(33)28-30-23-24-31-28/h17-18,20-21,23-24H,2-16,19,22H2,1H3,(H,30,31)(H,32,34). The summed E-state index contributed by atoms with van der Waals surface area (Å²) < 4.78 is 0. The van der Waals surface area contributed by atoms with Crippen LogP contribution in [0.25, 0.3) is 0 Å². The molecule has 0 unspecified atom stereocenters. The summed E-state index contributed by atoms with van der Waals surface area (Å²) >= 11 is 0. The molecule has 1 heterocycles. The predicted octanol–water partition coefficient (Wildman–Crippen LogP) is 7.63. The Labute approximate surface area is 206 Å². The number of imidazole rings is 1. The SMILES string of the molecule is CCCCCCCCCCCCCCCCCCNC(=O)c1ccccc1C(=O)c1ncc[nH]1. The number of aromatic amines is 1. The minimum atomic E-state index is -0.266. The van der Waals surface area contributed by atoms with Crippen molar-refractivity contribution >= 4 is 11.7 Å². The number of rotatable bonds is 20. The fraction of sp³-hybridized carbons (Fsp3) is 0.621. The van der Waals surface area contributed by atoms with Crippen LogP contribution in [0.4, 0.5) is 0 Å². The van der Waals surface area contributed by atoms with Crippen molar-refractivity contribution in [3.63, 3.8) is 0 Å². The molecular formula is C29H45N3O2. The molecule has 1 aromatic carbocycles. The maximum atomic E-state index is 12.6. The van der Waals surface area contributed by atoms with Gasteiger partial charge in [0.25, 0.3) is 5.91 Å². The lowest BCUT2D eigenvalue weighted by atomic mass is 10.0. The molecule has 0 fully saturated rings. The van der Waals surface area contributed by atoms with E-state index in [2.05, 4.69) is 22.2 Å². The topological polar surface area (TPSA) is 74.8 Å². The number of unbranched alkanes of at least 4 members (excludes halogenated alkanes) is 15. The van der Waals surface area contributed by atoms with E-state index < -0.39 is 0 Å². The van der Waals surface area contributed by atoms with Crippen molar-refractivity contribution in [2.75, 3.05) is 6.54 Å². The van der Waals surface area contributed by atoms with E-state index in [1.165, 1.54) is 96.1 Å². The van der Waals surface area contributed by atoms with Gasteiger partial charge in [-0.05, 0) is 12.5 Å². The van der Waals surface area contributed by atoms with Crippen molar-refractivity contribution in [3.05, 3.63) is 53.6 Å². The van der Waals surface area contributed by atoms with Gasteiger partial charge in [-0.25, -0.2) is 4.98 Å². The van der Waals surface area contributed by atoms with Crippen molar-refractivity contribution < 1.29 is 9.59 Å². The molecule has 1 aromatic heterocycles. The second-order valence-electron chi connectivity index (χ2n) is 9.37. The summed E-state index contributed by atoms with van der Waals surface area (Å²) in [6, 6.07) is 6.92. The molecule has 2 N–H and O–H groups in total. The number of H-pyrrole nitrogens is 1. The number of aromatic nitrogens is 2. The number of ketones is 1. The van der Waals surface area contributed by atoms with E-state index in [4.69, 9.17) is 0 Å². The smallest absolute Gasteiger partial charge is 0.252 e. The van der Waals surface area contributed by atoms with Crippen molar-refractivity contribution in [1.82, 2.24) is 15.3 Å². The lowest BCUT2D eigenvalue weighted by molar-refractivity contribution is 0.0940. The van der Waals surface area contributed by atoms with Crippen LogP contribution in [0.3, 0.4) is 0 Å². The maximum Gasteiger partial charge on any atom is 0.252 e. The van der Waals surface area contributed by atoms with E-state index >= 15 is 0 Å². The Morgan fingerprint density at radius 2 is 1.24 bits per heavy atom. The van der Waals surface area contributed by atoms with Gasteiger partial charge in [0, 0.05) is 24.5 Å². The average molecular weight is 468 g/mol. The Bertz CT molecular complexity index is 801. The molecule has 0 saturated heterocycles. The van der Waals surface area contributed by atoms with Crippen LogP contribution in [0.5, 0.6) is 0 Å². The monoisotopic (exact) mass is 467 g/mol. The summed E-state index contributed by atoms with van der Waals surface area (Å²) in [7, 11) is 0. The Kier molecular flexibility index (Phi) is 14.7. The highest BCUT2D eigenvalue weighted by Gasteiger charge is 2.19. The zero-order valence-electron chi connectivity index (χ0n) is 21.2. The van der Waals surface area contributed by atoms with Gasteiger partial charge in [0.1, 0.15) is 0 Å². The molecule has 2 rings (SSSR count). The Morgan fingerprint density at radius 3 is 1.74 bits per heavy atom. The van der Waals surface area contributed by atoms with E-state index in [0.29, 0.717) is 17.7 Å². The minimum absolute atomic E-state index is 0.198. The van der Waals surface area contributed by atoms with Crippen molar-refractivity contribution in [3.8, 4) is 0 Å². The molecule has 0 atom stereocenters. The lowest BCUT2D eigenvalue weighted by Gasteiger charge is -2.09. The first kappa shape index (κ1) is 27.8. The summed E-state index contributed by atoms with van der Waals surface area (Å²) in [4.78, 5) is 32.0. The van der Waals surface area contributed by atoms with E-state index in [1.54, 1.807) is 30.5 Å². The van der Waals surface area contributed by atoms with Gasteiger partial charge in [0.2, 0.25) is 5.78 Å². The molecule has 0 aliphatic heterocycles. The van der Waals surface area contributed by atoms with Gasteiger partial charge in [-0.1, -0.05) is 121 Å². The molecule has 5 heteroatoms. The van der Waals surface area contributed by atoms with Crippen LogP contribution in [-0.4, -0.2) is 28.2 Å². The molecule has 0 bridgehead atoms. The van der Waals surface area contributed by atoms with Crippen LogP contribution in [0.2, 0.25) is 0 Å². The fourth-order valence-corrected chi connectivity index (χ4v) is 4.37. The Morgan fingerprint density at radius 1 is 0.735 bits per heavy atom. The number of nitrogens with zero attached hydrogens (tertiary/aromatic N) is 1. The Balaban J connectivity index is 1.46. The number of carbonyl (C=O) groups is 2. The molecule has 0 aliphatic rings. The molecule has 1 amide bonds. The molecule has 34 heavy (non-hydrogen) atoms. The largest absolute Gasteiger partial charge is 0.352 e. The van der Waals surface area contributed by atoms with E-state index in [1.807, 2.05) is 0 Å². The summed E-state index contributed by atoms with van der Waals surface area (Å²) in [6.07, 6.45) is 24.5. The number of carbonyl (C=O) groups excluding carboxylic acids is 2. The predicted molar refractivity (Wildman–Crippen MR) is 140 cm³/mol. The zero-order valence-corrected chi connectivity index (χ0v) is 21.2. The van der Waals surface area contributed by atoms with Crippen LogP contribution in [0.1, 0.15) is 136 Å². The summed E-state index contributed by atoms with van der Waals surface area (Å²) in [5.41, 5.74) is 0.780. The Hall–Kier alpha value is -2.43. The summed E-state index contributed by atoms with van der Waals surface area (Å²) in [5, 5.41) is 2.97. The third-order valence-electron chi connectivity index (χ3n) is 6.45. The van der Waals surface area contributed by atoms with Gasteiger partial charge in [0.15, 0.2) is 5.82 Å². The third-order valence-corrected chi connectivity index (χ3v) is 6.45. The van der Waals surface area contributed by atoms with Gasteiger partial charge < -0.3 is 10.3 Å². The first-order chi connectivity index (χ1) is 16.7. The van der Waals surface area contributed by atoms with Crippen molar-refractivity contribution in [2.45, 2.75) is 110 Å².